The van der Waals surface area contributed by atoms with Gasteiger partial charge in [0.1, 0.15) is 5.82 Å². The number of nitrogens with one attached hydrogen (secondary N) is 2. The van der Waals surface area contributed by atoms with Gasteiger partial charge in [-0.1, -0.05) is 35.9 Å². The van der Waals surface area contributed by atoms with Crippen LogP contribution in [0.15, 0.2) is 77.7 Å². The topological polar surface area (TPSA) is 102 Å². The maximum absolute atomic E-state index is 13.3. The maximum Gasteiger partial charge on any atom is 0.307 e. The highest BCUT2D eigenvalue weighted by Crippen LogP contribution is 2.22. The summed E-state index contributed by atoms with van der Waals surface area (Å²) in [7, 11) is -2.78. The van der Waals surface area contributed by atoms with Crippen LogP contribution in [0.3, 0.4) is 0 Å². The van der Waals surface area contributed by atoms with Crippen LogP contribution in [0.1, 0.15) is 28.4 Å². The van der Waals surface area contributed by atoms with Crippen molar-refractivity contribution in [1.82, 2.24) is 5.32 Å². The lowest BCUT2D eigenvalue weighted by Crippen LogP contribution is -2.30. The van der Waals surface area contributed by atoms with Crippen LogP contribution in [0, 0.1) is 5.82 Å². The molecule has 0 bridgehead atoms. The molecule has 0 heterocycles. The molecule has 3 rings (SSSR count). The highest BCUT2D eigenvalue weighted by Gasteiger charge is 2.22. The molecule has 1 atom stereocenters. The van der Waals surface area contributed by atoms with Crippen molar-refractivity contribution in [1.29, 1.82) is 0 Å². The summed E-state index contributed by atoms with van der Waals surface area (Å²) in [5, 5.41) is 3.04. The summed E-state index contributed by atoms with van der Waals surface area (Å²) in [6.45, 7) is 0. The second kappa shape index (κ2) is 10.5. The van der Waals surface area contributed by atoms with Crippen LogP contribution < -0.4 is 10.0 Å². The van der Waals surface area contributed by atoms with Crippen molar-refractivity contribution >= 4 is 39.2 Å². The summed E-state index contributed by atoms with van der Waals surface area (Å²) in [5.41, 5.74) is 0.814. The molecule has 0 radical (unpaired) electrons. The molecule has 0 aromatic heterocycles. The highest BCUT2D eigenvalue weighted by molar-refractivity contribution is 7.92. The van der Waals surface area contributed by atoms with Crippen molar-refractivity contribution in [3.63, 3.8) is 0 Å². The third-order valence-electron chi connectivity index (χ3n) is 4.66. The van der Waals surface area contributed by atoms with Crippen molar-refractivity contribution in [2.75, 3.05) is 11.8 Å². The van der Waals surface area contributed by atoms with Gasteiger partial charge in [-0.3, -0.25) is 14.3 Å². The van der Waals surface area contributed by atoms with E-state index in [-0.39, 0.29) is 22.6 Å². The molecule has 1 amide bonds. The standard InChI is InChI=1S/C23H20ClFN2O5S/c1-32-22(28)14-21(15-8-10-18(25)11-9-15)26-23(29)16-4-2-7-20(12-16)33(30,31)27-19-6-3-5-17(24)13-19/h2-13,21,27H,14H2,1H3,(H,26,29). The molecule has 33 heavy (non-hydrogen) atoms. The normalized spacial score (nSPS) is 12.0. The van der Waals surface area contributed by atoms with Crippen LogP contribution in [-0.4, -0.2) is 27.4 Å². The Morgan fingerprint density at radius 3 is 2.39 bits per heavy atom. The first-order chi connectivity index (χ1) is 15.7. The SMILES string of the molecule is COC(=O)CC(NC(=O)c1cccc(S(=O)(=O)Nc2cccc(Cl)c2)c1)c1ccc(F)cc1. The number of ether oxygens (including phenoxy) is 1. The average Bonchev–Trinajstić information content (AvgIpc) is 2.79. The third kappa shape index (κ3) is 6.53. The van der Waals surface area contributed by atoms with Gasteiger partial charge in [0.05, 0.1) is 30.2 Å². The van der Waals surface area contributed by atoms with Crippen LogP contribution in [0.25, 0.3) is 0 Å². The zero-order valence-corrected chi connectivity index (χ0v) is 19.0. The van der Waals surface area contributed by atoms with E-state index in [2.05, 4.69) is 14.8 Å². The number of benzene rings is 3. The quantitative estimate of drug-likeness (QED) is 0.458. The van der Waals surface area contributed by atoms with E-state index in [1.807, 2.05) is 0 Å². The van der Waals surface area contributed by atoms with Crippen LogP contribution >= 0.6 is 11.6 Å². The molecule has 0 aliphatic heterocycles. The Hall–Kier alpha value is -3.43. The Bertz CT molecular complexity index is 1270. The van der Waals surface area contributed by atoms with E-state index in [0.29, 0.717) is 10.6 Å². The number of hydrogen-bond acceptors (Lipinski definition) is 5. The van der Waals surface area contributed by atoms with Gasteiger partial charge in [-0.25, -0.2) is 12.8 Å². The van der Waals surface area contributed by atoms with Gasteiger partial charge in [0.15, 0.2) is 0 Å². The van der Waals surface area contributed by atoms with E-state index in [9.17, 15) is 22.4 Å². The van der Waals surface area contributed by atoms with E-state index >= 15 is 0 Å². The fraction of sp³-hybridized carbons (Fsp3) is 0.130. The Kier molecular flexibility index (Phi) is 7.67. The molecular formula is C23H20ClFN2O5S. The number of carbonyl (C=O) groups is 2. The number of halogens is 2. The first-order valence-corrected chi connectivity index (χ1v) is 11.6. The number of esters is 1. The molecule has 1 unspecified atom stereocenters. The molecule has 7 nitrogen and oxygen atoms in total. The molecule has 0 saturated carbocycles. The second-order valence-corrected chi connectivity index (χ2v) is 9.12. The number of anilines is 1. The van der Waals surface area contributed by atoms with Crippen LogP contribution in [-0.2, 0) is 19.6 Å². The molecule has 0 fully saturated rings. The fourth-order valence-corrected chi connectivity index (χ4v) is 4.29. The van der Waals surface area contributed by atoms with E-state index in [1.54, 1.807) is 18.2 Å². The fourth-order valence-electron chi connectivity index (χ4n) is 3.01. The van der Waals surface area contributed by atoms with E-state index < -0.39 is 33.8 Å². The predicted octanol–water partition coefficient (Wildman–Crippen LogP) is 4.31. The summed E-state index contributed by atoms with van der Waals surface area (Å²) in [5.74, 6) is -1.66. The van der Waals surface area contributed by atoms with Gasteiger partial charge in [0, 0.05) is 10.6 Å². The molecular weight excluding hydrogens is 471 g/mol. The Morgan fingerprint density at radius 1 is 1.03 bits per heavy atom. The summed E-state index contributed by atoms with van der Waals surface area (Å²) >= 11 is 5.90. The molecule has 3 aromatic carbocycles. The summed E-state index contributed by atoms with van der Waals surface area (Å²) in [6, 6.07) is 16.1. The Balaban J connectivity index is 1.83. The molecule has 10 heteroatoms. The molecule has 0 spiro atoms. The molecule has 2 N–H and O–H groups in total. The van der Waals surface area contributed by atoms with E-state index in [4.69, 9.17) is 11.6 Å². The molecule has 172 valence electrons. The van der Waals surface area contributed by atoms with Crippen molar-refractivity contribution in [2.24, 2.45) is 0 Å². The monoisotopic (exact) mass is 490 g/mol. The second-order valence-electron chi connectivity index (χ2n) is 7.00. The van der Waals surface area contributed by atoms with Crippen molar-refractivity contribution < 1.29 is 27.1 Å². The molecule has 3 aromatic rings. The zero-order chi connectivity index (χ0) is 24.0. The maximum atomic E-state index is 13.3. The highest BCUT2D eigenvalue weighted by atomic mass is 35.5. The third-order valence-corrected chi connectivity index (χ3v) is 6.27. The van der Waals surface area contributed by atoms with E-state index in [1.165, 1.54) is 61.7 Å². The summed E-state index contributed by atoms with van der Waals surface area (Å²) in [6.07, 6.45) is -0.192. The summed E-state index contributed by atoms with van der Waals surface area (Å²) in [4.78, 5) is 24.6. The van der Waals surface area contributed by atoms with Gasteiger partial charge in [0.2, 0.25) is 0 Å². The van der Waals surface area contributed by atoms with E-state index in [0.717, 1.165) is 0 Å². The average molecular weight is 491 g/mol. The minimum atomic E-state index is -4.00. The number of carbonyl (C=O) groups excluding carboxylic acids is 2. The van der Waals surface area contributed by atoms with Crippen molar-refractivity contribution in [3.05, 3.63) is 94.8 Å². The van der Waals surface area contributed by atoms with Gasteiger partial charge < -0.3 is 10.1 Å². The number of rotatable bonds is 8. The number of hydrogen-bond donors (Lipinski definition) is 2. The van der Waals surface area contributed by atoms with Gasteiger partial charge in [0.25, 0.3) is 15.9 Å². The first kappa shape index (κ1) is 24.2. The van der Waals surface area contributed by atoms with Crippen molar-refractivity contribution in [3.8, 4) is 0 Å². The number of sulfonamides is 1. The lowest BCUT2D eigenvalue weighted by Gasteiger charge is -2.18. The Labute approximate surface area is 195 Å². The van der Waals surface area contributed by atoms with Gasteiger partial charge in [-0.2, -0.15) is 0 Å². The van der Waals surface area contributed by atoms with Gasteiger partial charge >= 0.3 is 5.97 Å². The van der Waals surface area contributed by atoms with Crippen molar-refractivity contribution in [2.45, 2.75) is 17.4 Å². The smallest absolute Gasteiger partial charge is 0.307 e. The molecule has 0 saturated heterocycles. The Morgan fingerprint density at radius 2 is 1.73 bits per heavy atom. The van der Waals surface area contributed by atoms with Crippen LogP contribution in [0.5, 0.6) is 0 Å². The zero-order valence-electron chi connectivity index (χ0n) is 17.4. The lowest BCUT2D eigenvalue weighted by atomic mass is 10.0. The number of amides is 1. The largest absolute Gasteiger partial charge is 0.469 e. The predicted molar refractivity (Wildman–Crippen MR) is 122 cm³/mol. The first-order valence-electron chi connectivity index (χ1n) is 9.69. The van der Waals surface area contributed by atoms with Gasteiger partial charge in [-0.05, 0) is 54.1 Å². The molecule has 0 aliphatic carbocycles. The lowest BCUT2D eigenvalue weighted by molar-refractivity contribution is -0.141. The van der Waals surface area contributed by atoms with Crippen LogP contribution in [0.4, 0.5) is 10.1 Å². The van der Waals surface area contributed by atoms with Crippen LogP contribution in [0.2, 0.25) is 5.02 Å². The summed E-state index contributed by atoms with van der Waals surface area (Å²) < 4.78 is 45.9. The molecule has 0 aliphatic rings. The van der Waals surface area contributed by atoms with Gasteiger partial charge in [-0.15, -0.1) is 0 Å². The minimum Gasteiger partial charge on any atom is -0.469 e. The minimum absolute atomic E-state index is 0.0564. The number of methoxy groups -OCH3 is 1.